The number of hydrogen-bond donors (Lipinski definition) is 1. The summed E-state index contributed by atoms with van der Waals surface area (Å²) in [6.07, 6.45) is -2.17. The van der Waals surface area contributed by atoms with Crippen molar-refractivity contribution >= 4 is 8.07 Å². The van der Waals surface area contributed by atoms with E-state index in [2.05, 4.69) is 59.6 Å². The largest absolute Gasteiger partial charge is 0.466 e. The van der Waals surface area contributed by atoms with Crippen LogP contribution in [0.1, 0.15) is 41.5 Å². The van der Waals surface area contributed by atoms with Gasteiger partial charge in [-0.25, -0.2) is 0 Å². The van der Waals surface area contributed by atoms with E-state index in [0.717, 1.165) is 0 Å². The van der Waals surface area contributed by atoms with Crippen LogP contribution in [0.4, 0.5) is 8.78 Å². The number of rotatable bonds is 11. The lowest BCUT2D eigenvalue weighted by molar-refractivity contribution is -0.120. The van der Waals surface area contributed by atoms with E-state index in [1.807, 2.05) is 0 Å². The Morgan fingerprint density at radius 3 is 2.00 bits per heavy atom. The van der Waals surface area contributed by atoms with Crippen molar-refractivity contribution in [2.24, 2.45) is 0 Å². The molecule has 0 fully saturated rings. The molecule has 0 bridgehead atoms. The molecule has 0 aliphatic carbocycles. The first kappa shape index (κ1) is 25.1. The minimum atomic E-state index is -3.68. The SMILES string of the molecule is C=C(OCOCCOC)C(F)(F)C(O)C#C[Si](C(C)C)(C(C)C)C(C)C. The number of halogens is 2. The van der Waals surface area contributed by atoms with Gasteiger partial charge in [0.1, 0.15) is 8.07 Å². The van der Waals surface area contributed by atoms with Crippen LogP contribution in [0.2, 0.25) is 16.6 Å². The topological polar surface area (TPSA) is 47.9 Å². The van der Waals surface area contributed by atoms with Crippen molar-refractivity contribution in [2.75, 3.05) is 27.1 Å². The Kier molecular flexibility index (Phi) is 10.6. The Morgan fingerprint density at radius 2 is 1.58 bits per heavy atom. The third-order valence-corrected chi connectivity index (χ3v) is 11.1. The fraction of sp³-hybridized carbons (Fsp3) is 0.789. The maximum atomic E-state index is 14.3. The van der Waals surface area contributed by atoms with Gasteiger partial charge < -0.3 is 19.3 Å². The Morgan fingerprint density at radius 1 is 1.08 bits per heavy atom. The Hall–Kier alpha value is -0.943. The molecule has 1 atom stereocenters. The highest BCUT2D eigenvalue weighted by Crippen LogP contribution is 2.41. The number of ether oxygens (including phenoxy) is 3. The zero-order chi connectivity index (χ0) is 20.5. The molecule has 1 unspecified atom stereocenters. The quantitative estimate of drug-likeness (QED) is 0.187. The van der Waals surface area contributed by atoms with Gasteiger partial charge in [0, 0.05) is 7.11 Å². The van der Waals surface area contributed by atoms with Crippen LogP contribution in [0.15, 0.2) is 12.3 Å². The number of hydrogen-bond acceptors (Lipinski definition) is 4. The second-order valence-corrected chi connectivity index (χ2v) is 12.9. The number of aliphatic hydroxyl groups is 1. The lowest BCUT2D eigenvalue weighted by atomic mass is 10.2. The Labute approximate surface area is 157 Å². The summed E-state index contributed by atoms with van der Waals surface area (Å²) in [4.78, 5) is 0. The maximum Gasteiger partial charge on any atom is 0.339 e. The van der Waals surface area contributed by atoms with Crippen molar-refractivity contribution in [1.82, 2.24) is 0 Å². The third-order valence-electron chi connectivity index (χ3n) is 4.75. The van der Waals surface area contributed by atoms with Gasteiger partial charge in [0.05, 0.1) is 13.2 Å². The summed E-state index contributed by atoms with van der Waals surface area (Å²) < 4.78 is 43.2. The first-order chi connectivity index (χ1) is 11.9. The second-order valence-electron chi connectivity index (χ2n) is 7.28. The molecule has 0 saturated carbocycles. The number of methoxy groups -OCH3 is 1. The van der Waals surface area contributed by atoms with Crippen molar-refractivity contribution < 1.29 is 28.1 Å². The van der Waals surface area contributed by atoms with Crippen molar-refractivity contribution in [3.05, 3.63) is 12.3 Å². The normalized spacial score (nSPS) is 13.7. The maximum absolute atomic E-state index is 14.3. The molecule has 0 amide bonds. The average molecular weight is 393 g/mol. The zero-order valence-corrected chi connectivity index (χ0v) is 18.1. The predicted octanol–water partition coefficient (Wildman–Crippen LogP) is 4.35. The molecular formula is C19H34F2O4Si. The van der Waals surface area contributed by atoms with E-state index in [9.17, 15) is 13.9 Å². The fourth-order valence-corrected chi connectivity index (χ4v) is 8.53. The molecule has 0 aromatic carbocycles. The highest BCUT2D eigenvalue weighted by atomic mass is 28.3. The van der Waals surface area contributed by atoms with E-state index >= 15 is 0 Å². The minimum absolute atomic E-state index is 0.211. The number of aliphatic hydroxyl groups excluding tert-OH is 1. The average Bonchev–Trinajstić information content (AvgIpc) is 2.53. The van der Waals surface area contributed by atoms with Crippen LogP contribution in [0.5, 0.6) is 0 Å². The van der Waals surface area contributed by atoms with Crippen LogP contribution < -0.4 is 0 Å². The molecule has 0 aromatic heterocycles. The van der Waals surface area contributed by atoms with Gasteiger partial charge in [0.2, 0.25) is 0 Å². The molecule has 0 heterocycles. The van der Waals surface area contributed by atoms with Gasteiger partial charge in [0.15, 0.2) is 18.7 Å². The van der Waals surface area contributed by atoms with Crippen LogP contribution in [0.25, 0.3) is 0 Å². The van der Waals surface area contributed by atoms with Crippen molar-refractivity contribution in [1.29, 1.82) is 0 Å². The summed E-state index contributed by atoms with van der Waals surface area (Å²) in [5, 5.41) is 9.99. The van der Waals surface area contributed by atoms with Crippen molar-refractivity contribution in [3.63, 3.8) is 0 Å². The smallest absolute Gasteiger partial charge is 0.339 e. The van der Waals surface area contributed by atoms with Gasteiger partial charge in [-0.15, -0.1) is 5.54 Å². The Balaban J connectivity index is 5.19. The van der Waals surface area contributed by atoms with E-state index < -0.39 is 25.9 Å². The molecule has 0 saturated heterocycles. The fourth-order valence-electron chi connectivity index (χ4n) is 3.28. The third kappa shape index (κ3) is 6.34. The summed E-state index contributed by atoms with van der Waals surface area (Å²) in [6.45, 7) is 15.8. The van der Waals surface area contributed by atoms with Crippen LogP contribution >= 0.6 is 0 Å². The van der Waals surface area contributed by atoms with Crippen LogP contribution in [0.3, 0.4) is 0 Å². The van der Waals surface area contributed by atoms with Crippen LogP contribution in [0, 0.1) is 11.5 Å². The molecule has 26 heavy (non-hydrogen) atoms. The van der Waals surface area contributed by atoms with E-state index in [4.69, 9.17) is 14.2 Å². The van der Waals surface area contributed by atoms with Crippen molar-refractivity contribution in [3.8, 4) is 11.5 Å². The predicted molar refractivity (Wildman–Crippen MR) is 103 cm³/mol. The Bertz CT molecular complexity index is 474. The van der Waals surface area contributed by atoms with E-state index in [1.54, 1.807) is 0 Å². The highest BCUT2D eigenvalue weighted by Gasteiger charge is 2.45. The molecule has 0 aliphatic rings. The van der Waals surface area contributed by atoms with Crippen LogP contribution in [-0.2, 0) is 14.2 Å². The molecule has 0 spiro atoms. The summed E-state index contributed by atoms with van der Waals surface area (Å²) in [6, 6.07) is 0. The summed E-state index contributed by atoms with van der Waals surface area (Å²) in [5.41, 5.74) is 3.94. The minimum Gasteiger partial charge on any atom is -0.466 e. The second kappa shape index (κ2) is 11.0. The summed E-state index contributed by atoms with van der Waals surface area (Å²) in [5.74, 6) is -2.12. The van der Waals surface area contributed by atoms with E-state index in [1.165, 1.54) is 7.11 Å². The van der Waals surface area contributed by atoms with Gasteiger partial charge in [-0.2, -0.15) is 8.78 Å². The van der Waals surface area contributed by atoms with Crippen LogP contribution in [-0.4, -0.2) is 52.3 Å². The first-order valence-electron chi connectivity index (χ1n) is 8.91. The summed E-state index contributed by atoms with van der Waals surface area (Å²) in [7, 11) is -0.707. The first-order valence-corrected chi connectivity index (χ1v) is 11.1. The number of alkyl halides is 2. The highest BCUT2D eigenvalue weighted by molar-refractivity contribution is 6.90. The molecule has 0 aliphatic heterocycles. The molecular weight excluding hydrogens is 358 g/mol. The lowest BCUT2D eigenvalue weighted by Crippen LogP contribution is -2.44. The lowest BCUT2D eigenvalue weighted by Gasteiger charge is -2.38. The molecule has 0 aromatic rings. The molecule has 0 rings (SSSR count). The van der Waals surface area contributed by atoms with Gasteiger partial charge in [-0.1, -0.05) is 54.0 Å². The molecule has 1 N–H and O–H groups in total. The molecule has 152 valence electrons. The monoisotopic (exact) mass is 392 g/mol. The zero-order valence-electron chi connectivity index (χ0n) is 17.1. The molecule has 7 heteroatoms. The standard InChI is InChI=1S/C19H34F2O4Si/c1-14(2)26(15(3)4,16(5)6)12-9-18(22)19(20,21)17(7)25-13-24-11-10-23-8/h14-16,18,22H,7,10-11,13H2,1-6,8H3. The van der Waals surface area contributed by atoms with Gasteiger partial charge in [-0.05, 0) is 16.6 Å². The van der Waals surface area contributed by atoms with Gasteiger partial charge in [-0.3, -0.25) is 0 Å². The molecule has 4 nitrogen and oxygen atoms in total. The van der Waals surface area contributed by atoms with E-state index in [-0.39, 0.29) is 30.0 Å². The van der Waals surface area contributed by atoms with Gasteiger partial charge >= 0.3 is 5.92 Å². The van der Waals surface area contributed by atoms with E-state index in [0.29, 0.717) is 6.61 Å². The molecule has 0 radical (unpaired) electrons. The van der Waals surface area contributed by atoms with Gasteiger partial charge in [0.25, 0.3) is 0 Å². The summed E-state index contributed by atoms with van der Waals surface area (Å²) >= 11 is 0. The van der Waals surface area contributed by atoms with Crippen molar-refractivity contribution in [2.45, 2.75) is 70.2 Å².